The highest BCUT2D eigenvalue weighted by atomic mass is 16.3. The maximum atomic E-state index is 9.25. The highest BCUT2D eigenvalue weighted by Crippen LogP contribution is 2.31. The lowest BCUT2D eigenvalue weighted by atomic mass is 9.91. The van der Waals surface area contributed by atoms with Crippen LogP contribution in [0.3, 0.4) is 0 Å². The monoisotopic (exact) mass is 288 g/mol. The molecule has 1 heterocycles. The van der Waals surface area contributed by atoms with Gasteiger partial charge in [-0.05, 0) is 43.1 Å². The van der Waals surface area contributed by atoms with Gasteiger partial charge in [0.2, 0.25) is 0 Å². The third-order valence-electron chi connectivity index (χ3n) is 4.80. The summed E-state index contributed by atoms with van der Waals surface area (Å²) in [4.78, 5) is 2.63. The highest BCUT2D eigenvalue weighted by molar-refractivity contribution is 5.14. The normalized spacial score (nSPS) is 26.9. The second kappa shape index (κ2) is 7.39. The van der Waals surface area contributed by atoms with Crippen LogP contribution in [0.25, 0.3) is 0 Å². The minimum Gasteiger partial charge on any atom is -0.396 e. The Morgan fingerprint density at radius 2 is 1.90 bits per heavy atom. The molecule has 3 heteroatoms. The molecule has 1 aromatic rings. The Hall–Kier alpha value is -0.900. The Labute approximate surface area is 128 Å². The second-order valence-corrected chi connectivity index (χ2v) is 6.84. The van der Waals surface area contributed by atoms with Crippen molar-refractivity contribution in [2.45, 2.75) is 38.3 Å². The molecule has 1 aliphatic heterocycles. The number of aliphatic hydroxyl groups is 1. The maximum Gasteiger partial charge on any atom is 0.0434 e. The van der Waals surface area contributed by atoms with Crippen LogP contribution in [0.4, 0.5) is 0 Å². The van der Waals surface area contributed by atoms with Crippen molar-refractivity contribution >= 4 is 0 Å². The van der Waals surface area contributed by atoms with E-state index >= 15 is 0 Å². The number of piperidine rings is 1. The first-order valence-corrected chi connectivity index (χ1v) is 8.44. The van der Waals surface area contributed by atoms with Crippen molar-refractivity contribution in [2.24, 2.45) is 11.8 Å². The zero-order valence-corrected chi connectivity index (χ0v) is 12.9. The Balaban J connectivity index is 1.52. The van der Waals surface area contributed by atoms with Gasteiger partial charge in [0.25, 0.3) is 0 Å². The van der Waals surface area contributed by atoms with E-state index in [4.69, 9.17) is 0 Å². The van der Waals surface area contributed by atoms with Crippen LogP contribution in [0.5, 0.6) is 0 Å². The van der Waals surface area contributed by atoms with Gasteiger partial charge in [0.15, 0.2) is 0 Å². The lowest BCUT2D eigenvalue weighted by Gasteiger charge is -2.38. The molecule has 1 aliphatic carbocycles. The average Bonchev–Trinajstić information content (AvgIpc) is 3.30. The van der Waals surface area contributed by atoms with Gasteiger partial charge in [-0.1, -0.05) is 30.3 Å². The first-order chi connectivity index (χ1) is 10.3. The van der Waals surface area contributed by atoms with Crippen molar-refractivity contribution in [3.05, 3.63) is 35.9 Å². The van der Waals surface area contributed by atoms with Crippen LogP contribution < -0.4 is 5.32 Å². The smallest absolute Gasteiger partial charge is 0.0434 e. The van der Waals surface area contributed by atoms with Crippen LogP contribution >= 0.6 is 0 Å². The largest absolute Gasteiger partial charge is 0.396 e. The standard InChI is InChI=1S/C18H28N2O/c21-9-8-17-10-18(14-20(13-17)12-16-6-7-16)19-11-15-4-2-1-3-5-15/h1-5,16-19,21H,6-14H2. The minimum absolute atomic E-state index is 0.327. The van der Waals surface area contributed by atoms with Gasteiger partial charge in [-0.15, -0.1) is 0 Å². The van der Waals surface area contributed by atoms with Gasteiger partial charge in [0, 0.05) is 38.8 Å². The lowest BCUT2D eigenvalue weighted by molar-refractivity contribution is 0.116. The molecule has 1 saturated heterocycles. The van der Waals surface area contributed by atoms with E-state index in [2.05, 4.69) is 40.5 Å². The van der Waals surface area contributed by atoms with Crippen LogP contribution in [0.2, 0.25) is 0 Å². The summed E-state index contributed by atoms with van der Waals surface area (Å²) in [5, 5.41) is 13.0. The maximum absolute atomic E-state index is 9.25. The topological polar surface area (TPSA) is 35.5 Å². The first kappa shape index (κ1) is 15.0. The van der Waals surface area contributed by atoms with Crippen molar-refractivity contribution in [3.63, 3.8) is 0 Å². The average molecular weight is 288 g/mol. The first-order valence-electron chi connectivity index (χ1n) is 8.44. The van der Waals surface area contributed by atoms with Gasteiger partial charge in [-0.2, -0.15) is 0 Å². The summed E-state index contributed by atoms with van der Waals surface area (Å²) < 4.78 is 0. The summed E-state index contributed by atoms with van der Waals surface area (Å²) in [5.41, 5.74) is 1.36. The number of hydrogen-bond donors (Lipinski definition) is 2. The molecule has 2 aliphatic rings. The summed E-state index contributed by atoms with van der Waals surface area (Å²) in [5.74, 6) is 1.60. The van der Waals surface area contributed by atoms with Crippen molar-refractivity contribution in [1.29, 1.82) is 0 Å². The number of hydrogen-bond acceptors (Lipinski definition) is 3. The van der Waals surface area contributed by atoms with E-state index in [1.807, 2.05) is 0 Å². The molecule has 1 aromatic carbocycles. The van der Waals surface area contributed by atoms with Gasteiger partial charge in [0.1, 0.15) is 0 Å². The van der Waals surface area contributed by atoms with Gasteiger partial charge >= 0.3 is 0 Å². The molecule has 0 spiro atoms. The quantitative estimate of drug-likeness (QED) is 0.808. The summed E-state index contributed by atoms with van der Waals surface area (Å²) in [6.45, 7) is 4.90. The van der Waals surface area contributed by atoms with E-state index in [0.717, 1.165) is 18.9 Å². The van der Waals surface area contributed by atoms with Gasteiger partial charge < -0.3 is 15.3 Å². The molecule has 2 unspecified atom stereocenters. The van der Waals surface area contributed by atoms with E-state index in [9.17, 15) is 5.11 Å². The fraction of sp³-hybridized carbons (Fsp3) is 0.667. The molecule has 2 N–H and O–H groups in total. The van der Waals surface area contributed by atoms with Crippen LogP contribution in [0, 0.1) is 11.8 Å². The summed E-state index contributed by atoms with van der Waals surface area (Å²) in [7, 11) is 0. The zero-order valence-electron chi connectivity index (χ0n) is 12.9. The molecule has 116 valence electrons. The Kier molecular flexibility index (Phi) is 5.28. The predicted molar refractivity (Wildman–Crippen MR) is 86.0 cm³/mol. The van der Waals surface area contributed by atoms with Crippen LogP contribution in [0.15, 0.2) is 30.3 Å². The van der Waals surface area contributed by atoms with Crippen molar-refractivity contribution in [2.75, 3.05) is 26.2 Å². The van der Waals surface area contributed by atoms with E-state index in [-0.39, 0.29) is 0 Å². The molecule has 2 fully saturated rings. The number of nitrogens with one attached hydrogen (secondary N) is 1. The Bertz CT molecular complexity index is 418. The molecule has 0 aromatic heterocycles. The number of aliphatic hydroxyl groups excluding tert-OH is 1. The molecular formula is C18H28N2O. The number of rotatable bonds is 7. The number of benzene rings is 1. The van der Waals surface area contributed by atoms with E-state index in [1.165, 1.54) is 44.5 Å². The third kappa shape index (κ3) is 4.80. The zero-order chi connectivity index (χ0) is 14.5. The lowest BCUT2D eigenvalue weighted by Crippen LogP contribution is -2.49. The predicted octanol–water partition coefficient (Wildman–Crippen LogP) is 2.26. The van der Waals surface area contributed by atoms with E-state index < -0.39 is 0 Å². The molecule has 1 saturated carbocycles. The van der Waals surface area contributed by atoms with Crippen molar-refractivity contribution in [1.82, 2.24) is 10.2 Å². The molecule has 2 atom stereocenters. The fourth-order valence-corrected chi connectivity index (χ4v) is 3.52. The van der Waals surface area contributed by atoms with Gasteiger partial charge in [-0.25, -0.2) is 0 Å². The van der Waals surface area contributed by atoms with E-state index in [0.29, 0.717) is 18.6 Å². The Morgan fingerprint density at radius 3 is 2.62 bits per heavy atom. The molecule has 0 radical (unpaired) electrons. The van der Waals surface area contributed by atoms with Crippen LogP contribution in [-0.4, -0.2) is 42.3 Å². The fourth-order valence-electron chi connectivity index (χ4n) is 3.52. The third-order valence-corrected chi connectivity index (χ3v) is 4.80. The van der Waals surface area contributed by atoms with Crippen LogP contribution in [-0.2, 0) is 6.54 Å². The highest BCUT2D eigenvalue weighted by Gasteiger charge is 2.31. The molecular weight excluding hydrogens is 260 g/mol. The molecule has 0 bridgehead atoms. The second-order valence-electron chi connectivity index (χ2n) is 6.84. The Morgan fingerprint density at radius 1 is 1.10 bits per heavy atom. The van der Waals surface area contributed by atoms with E-state index in [1.54, 1.807) is 0 Å². The summed E-state index contributed by atoms with van der Waals surface area (Å²) >= 11 is 0. The minimum atomic E-state index is 0.327. The van der Waals surface area contributed by atoms with Gasteiger partial charge in [0.05, 0.1) is 0 Å². The molecule has 3 nitrogen and oxygen atoms in total. The van der Waals surface area contributed by atoms with Crippen LogP contribution in [0.1, 0.15) is 31.2 Å². The summed E-state index contributed by atoms with van der Waals surface area (Å²) in [6.07, 6.45) is 4.99. The molecule has 0 amide bonds. The molecule has 3 rings (SSSR count). The SMILES string of the molecule is OCCC1CC(NCc2ccccc2)CN(CC2CC2)C1. The number of nitrogens with zero attached hydrogens (tertiary/aromatic N) is 1. The summed E-state index contributed by atoms with van der Waals surface area (Å²) in [6, 6.07) is 11.2. The van der Waals surface area contributed by atoms with Crippen molar-refractivity contribution in [3.8, 4) is 0 Å². The molecule has 21 heavy (non-hydrogen) atoms. The van der Waals surface area contributed by atoms with Crippen molar-refractivity contribution < 1.29 is 5.11 Å². The van der Waals surface area contributed by atoms with Gasteiger partial charge in [-0.3, -0.25) is 0 Å². The number of likely N-dealkylation sites (tertiary alicyclic amines) is 1.